The number of piperidine rings is 1. The Morgan fingerprint density at radius 3 is 2.92 bits per heavy atom. The van der Waals surface area contributed by atoms with Crippen LogP contribution >= 0.6 is 0 Å². The number of fused-ring (bicyclic) bond motifs is 1. The predicted octanol–water partition coefficient (Wildman–Crippen LogP) is -0.216. The summed E-state index contributed by atoms with van der Waals surface area (Å²) in [6.45, 7) is 1.51. The molecular weight excluding hydrogens is 170 g/mol. The van der Waals surface area contributed by atoms with Gasteiger partial charge in [0.1, 0.15) is 0 Å². The fourth-order valence-corrected chi connectivity index (χ4v) is 2.45. The van der Waals surface area contributed by atoms with Crippen LogP contribution in [0.1, 0.15) is 6.42 Å². The molecule has 3 atom stereocenters. The number of nitrogens with one attached hydrogen (secondary N) is 1. The second-order valence-electron chi connectivity index (χ2n) is 3.85. The highest BCUT2D eigenvalue weighted by Crippen LogP contribution is 2.59. The van der Waals surface area contributed by atoms with Crippen LogP contribution in [-0.4, -0.2) is 39.4 Å². The molecule has 0 spiro atoms. The number of hydrogen-bond donors (Lipinski definition) is 1. The van der Waals surface area contributed by atoms with Gasteiger partial charge in [0.05, 0.1) is 19.1 Å². The number of ether oxygens (including phenoxy) is 2. The fourth-order valence-electron chi connectivity index (χ4n) is 2.45. The van der Waals surface area contributed by atoms with Crippen LogP contribution in [0.25, 0.3) is 0 Å². The fraction of sp³-hybridized carbons (Fsp3) is 0.889. The molecule has 2 fully saturated rings. The van der Waals surface area contributed by atoms with Crippen molar-refractivity contribution in [2.24, 2.45) is 11.3 Å². The van der Waals surface area contributed by atoms with E-state index < -0.39 is 0 Å². The van der Waals surface area contributed by atoms with E-state index in [-0.39, 0.29) is 17.4 Å². The third-order valence-electron chi connectivity index (χ3n) is 3.28. The van der Waals surface area contributed by atoms with Crippen LogP contribution in [0.3, 0.4) is 0 Å². The summed E-state index contributed by atoms with van der Waals surface area (Å²) in [5.41, 5.74) is -0.259. The van der Waals surface area contributed by atoms with Gasteiger partial charge < -0.3 is 14.8 Å². The highest BCUT2D eigenvalue weighted by atomic mass is 16.5. The van der Waals surface area contributed by atoms with Crippen LogP contribution in [0.2, 0.25) is 0 Å². The lowest BCUT2D eigenvalue weighted by molar-refractivity contribution is -0.148. The Morgan fingerprint density at radius 2 is 2.38 bits per heavy atom. The number of carbonyl (C=O) groups excluding carboxylic acids is 1. The van der Waals surface area contributed by atoms with Crippen molar-refractivity contribution in [1.29, 1.82) is 0 Å². The molecule has 1 heterocycles. The molecule has 1 unspecified atom stereocenters. The monoisotopic (exact) mass is 185 g/mol. The van der Waals surface area contributed by atoms with Crippen molar-refractivity contribution in [3.05, 3.63) is 0 Å². The van der Waals surface area contributed by atoms with Crippen LogP contribution in [0.5, 0.6) is 0 Å². The third-order valence-corrected chi connectivity index (χ3v) is 3.28. The molecule has 13 heavy (non-hydrogen) atoms. The zero-order valence-electron chi connectivity index (χ0n) is 8.00. The Labute approximate surface area is 77.6 Å². The van der Waals surface area contributed by atoms with Crippen LogP contribution in [0, 0.1) is 11.3 Å². The number of hydrogen-bond acceptors (Lipinski definition) is 4. The first kappa shape index (κ1) is 8.97. The largest absolute Gasteiger partial charge is 0.469 e. The van der Waals surface area contributed by atoms with Gasteiger partial charge in [-0.2, -0.15) is 0 Å². The summed E-state index contributed by atoms with van der Waals surface area (Å²) in [5, 5.41) is 3.29. The molecule has 0 aromatic heterocycles. The third kappa shape index (κ3) is 1.09. The van der Waals surface area contributed by atoms with Crippen LogP contribution < -0.4 is 5.32 Å². The highest BCUT2D eigenvalue weighted by Gasteiger charge is 2.68. The van der Waals surface area contributed by atoms with E-state index >= 15 is 0 Å². The molecule has 0 bridgehead atoms. The lowest BCUT2D eigenvalue weighted by atomic mass is 9.97. The molecule has 0 radical (unpaired) electrons. The Balaban J connectivity index is 2.09. The second-order valence-corrected chi connectivity index (χ2v) is 3.85. The number of methoxy groups -OCH3 is 2. The summed E-state index contributed by atoms with van der Waals surface area (Å²) in [7, 11) is 3.11. The van der Waals surface area contributed by atoms with E-state index in [0.717, 1.165) is 13.0 Å². The maximum atomic E-state index is 11.5. The standard InChI is InChI=1S/C9H15NO3/c1-12-5-7-9(8(11)13-2)3-6(9)4-10-7/h6-7,10H,3-5H2,1-2H3/t6?,7-,9+/m0/s1. The van der Waals surface area contributed by atoms with Gasteiger partial charge in [0, 0.05) is 13.2 Å². The molecule has 2 rings (SSSR count). The summed E-state index contributed by atoms with van der Waals surface area (Å²) in [6, 6.07) is 0.148. The van der Waals surface area contributed by atoms with E-state index in [4.69, 9.17) is 9.47 Å². The van der Waals surface area contributed by atoms with E-state index in [2.05, 4.69) is 5.32 Å². The maximum absolute atomic E-state index is 11.5. The van der Waals surface area contributed by atoms with E-state index in [0.29, 0.717) is 12.5 Å². The van der Waals surface area contributed by atoms with Gasteiger partial charge in [0.2, 0.25) is 0 Å². The van der Waals surface area contributed by atoms with E-state index in [9.17, 15) is 4.79 Å². The summed E-state index contributed by atoms with van der Waals surface area (Å²) in [5.74, 6) is 0.393. The molecule has 1 saturated heterocycles. The van der Waals surface area contributed by atoms with Crippen molar-refractivity contribution >= 4 is 5.97 Å². The Morgan fingerprint density at radius 1 is 1.62 bits per heavy atom. The van der Waals surface area contributed by atoms with Gasteiger partial charge in [-0.05, 0) is 18.9 Å². The van der Waals surface area contributed by atoms with Gasteiger partial charge in [-0.15, -0.1) is 0 Å². The molecule has 4 nitrogen and oxygen atoms in total. The van der Waals surface area contributed by atoms with Gasteiger partial charge in [0.15, 0.2) is 0 Å². The van der Waals surface area contributed by atoms with Gasteiger partial charge >= 0.3 is 5.97 Å². The lowest BCUT2D eigenvalue weighted by Crippen LogP contribution is -2.40. The van der Waals surface area contributed by atoms with E-state index in [1.165, 1.54) is 7.11 Å². The average Bonchev–Trinajstić information content (AvgIpc) is 2.79. The zero-order valence-corrected chi connectivity index (χ0v) is 8.00. The highest BCUT2D eigenvalue weighted by molar-refractivity contribution is 5.82. The Kier molecular flexibility index (Phi) is 2.04. The minimum absolute atomic E-state index is 0.0791. The summed E-state index contributed by atoms with van der Waals surface area (Å²) >= 11 is 0. The maximum Gasteiger partial charge on any atom is 0.313 e. The second kappa shape index (κ2) is 2.96. The average molecular weight is 185 g/mol. The smallest absolute Gasteiger partial charge is 0.313 e. The molecule has 74 valence electrons. The molecule has 2 aliphatic rings. The predicted molar refractivity (Wildman–Crippen MR) is 46.2 cm³/mol. The molecule has 1 aliphatic carbocycles. The molecule has 1 aliphatic heterocycles. The normalized spacial score (nSPS) is 41.4. The van der Waals surface area contributed by atoms with Crippen molar-refractivity contribution in [1.82, 2.24) is 5.32 Å². The molecule has 0 amide bonds. The number of esters is 1. The summed E-state index contributed by atoms with van der Waals surface area (Å²) in [6.07, 6.45) is 0.959. The quantitative estimate of drug-likeness (QED) is 0.618. The van der Waals surface area contributed by atoms with Crippen LogP contribution in [0.15, 0.2) is 0 Å². The van der Waals surface area contributed by atoms with Crippen LogP contribution in [0.4, 0.5) is 0 Å². The van der Waals surface area contributed by atoms with Gasteiger partial charge in [-0.1, -0.05) is 0 Å². The van der Waals surface area contributed by atoms with Crippen molar-refractivity contribution < 1.29 is 14.3 Å². The summed E-state index contributed by atoms with van der Waals surface area (Å²) < 4.78 is 9.89. The van der Waals surface area contributed by atoms with Crippen molar-refractivity contribution in [3.8, 4) is 0 Å². The van der Waals surface area contributed by atoms with Crippen molar-refractivity contribution in [3.63, 3.8) is 0 Å². The van der Waals surface area contributed by atoms with E-state index in [1.54, 1.807) is 7.11 Å². The molecule has 1 N–H and O–H groups in total. The molecule has 0 aromatic rings. The number of carbonyl (C=O) groups is 1. The minimum Gasteiger partial charge on any atom is -0.469 e. The van der Waals surface area contributed by atoms with E-state index in [1.807, 2.05) is 0 Å². The van der Waals surface area contributed by atoms with Gasteiger partial charge in [-0.3, -0.25) is 4.79 Å². The molecule has 4 heteroatoms. The van der Waals surface area contributed by atoms with Crippen LogP contribution in [-0.2, 0) is 14.3 Å². The zero-order chi connectivity index (χ0) is 9.47. The van der Waals surface area contributed by atoms with Gasteiger partial charge in [-0.25, -0.2) is 0 Å². The van der Waals surface area contributed by atoms with Crippen molar-refractivity contribution in [2.75, 3.05) is 27.4 Å². The Hall–Kier alpha value is -0.610. The topological polar surface area (TPSA) is 47.6 Å². The van der Waals surface area contributed by atoms with Gasteiger partial charge in [0.25, 0.3) is 0 Å². The number of rotatable bonds is 3. The molecule has 0 aromatic carbocycles. The summed E-state index contributed by atoms with van der Waals surface area (Å²) in [4.78, 5) is 11.5. The first-order chi connectivity index (χ1) is 6.25. The first-order valence-corrected chi connectivity index (χ1v) is 4.56. The lowest BCUT2D eigenvalue weighted by Gasteiger charge is -2.20. The Bertz CT molecular complexity index is 231. The molecular formula is C9H15NO3. The first-order valence-electron chi connectivity index (χ1n) is 4.56. The minimum atomic E-state index is -0.259. The van der Waals surface area contributed by atoms with Crippen molar-refractivity contribution in [2.45, 2.75) is 12.5 Å². The SMILES string of the molecule is COC[C@@H]1NCC2C[C@@]21C(=O)OC. The molecule has 1 saturated carbocycles.